The van der Waals surface area contributed by atoms with Crippen molar-refractivity contribution in [1.29, 1.82) is 0 Å². The number of methoxy groups -OCH3 is 2. The highest BCUT2D eigenvalue weighted by Crippen LogP contribution is 2.43. The molecule has 0 unspecified atom stereocenters. The third-order valence-electron chi connectivity index (χ3n) is 5.24. The van der Waals surface area contributed by atoms with Gasteiger partial charge in [-0.1, -0.05) is 12.1 Å². The van der Waals surface area contributed by atoms with Crippen molar-refractivity contribution < 1.29 is 23.4 Å². The van der Waals surface area contributed by atoms with Gasteiger partial charge in [-0.3, -0.25) is 4.79 Å². The summed E-state index contributed by atoms with van der Waals surface area (Å²) >= 11 is 0. The van der Waals surface area contributed by atoms with Gasteiger partial charge in [0, 0.05) is 24.0 Å². The van der Waals surface area contributed by atoms with Crippen molar-refractivity contribution in [3.63, 3.8) is 0 Å². The Bertz CT molecular complexity index is 1080. The van der Waals surface area contributed by atoms with Gasteiger partial charge in [0.1, 0.15) is 18.0 Å². The van der Waals surface area contributed by atoms with E-state index in [1.165, 1.54) is 14.2 Å². The van der Waals surface area contributed by atoms with Gasteiger partial charge in [-0.2, -0.15) is 5.10 Å². The first kappa shape index (κ1) is 20.8. The van der Waals surface area contributed by atoms with Crippen LogP contribution in [-0.4, -0.2) is 35.0 Å². The first-order valence-corrected chi connectivity index (χ1v) is 10.1. The van der Waals surface area contributed by atoms with Gasteiger partial charge in [-0.15, -0.1) is 0 Å². The van der Waals surface area contributed by atoms with Crippen molar-refractivity contribution in [1.82, 2.24) is 14.8 Å². The molecule has 0 amide bonds. The molecule has 1 saturated carbocycles. The number of nitrogens with zero attached hydrogens (tertiary/aromatic N) is 3. The van der Waals surface area contributed by atoms with Gasteiger partial charge in [0.2, 0.25) is 5.88 Å². The minimum atomic E-state index is -0.462. The number of aromatic nitrogens is 3. The molecule has 162 valence electrons. The molecule has 0 N–H and O–H groups in total. The van der Waals surface area contributed by atoms with Crippen LogP contribution in [0.1, 0.15) is 42.0 Å². The summed E-state index contributed by atoms with van der Waals surface area (Å²) in [5.41, 5.74) is 3.17. The van der Waals surface area contributed by atoms with E-state index < -0.39 is 5.82 Å². The zero-order chi connectivity index (χ0) is 21.8. The standard InChI is InChI=1S/C23H24FN3O4/c1-29-21-11-20(19(24)13-25-21)27-23(16-7-8-16)17(12-26-27)14-31-18-5-3-4-15(10-18)6-9-22(28)30-2/h3-5,10-13,16H,6-9,14H2,1-2H3. The highest BCUT2D eigenvalue weighted by Gasteiger charge is 2.31. The SMILES string of the molecule is COC(=O)CCc1cccc(OCc2cnn(-c3cc(OC)ncc3F)c2C2CC2)c1. The number of esters is 1. The number of ether oxygens (including phenoxy) is 3. The predicted octanol–water partition coefficient (Wildman–Crippen LogP) is 3.98. The second kappa shape index (κ2) is 9.16. The minimum absolute atomic E-state index is 0.243. The third kappa shape index (κ3) is 4.84. The van der Waals surface area contributed by atoms with E-state index in [1.54, 1.807) is 16.9 Å². The zero-order valence-corrected chi connectivity index (χ0v) is 17.5. The molecular formula is C23H24FN3O4. The predicted molar refractivity (Wildman–Crippen MR) is 111 cm³/mol. The van der Waals surface area contributed by atoms with E-state index in [0.29, 0.717) is 42.7 Å². The Balaban J connectivity index is 1.52. The molecule has 0 atom stereocenters. The van der Waals surface area contributed by atoms with Crippen molar-refractivity contribution in [2.24, 2.45) is 0 Å². The lowest BCUT2D eigenvalue weighted by atomic mass is 10.1. The molecule has 0 aliphatic heterocycles. The molecule has 0 spiro atoms. The molecule has 4 rings (SSSR count). The van der Waals surface area contributed by atoms with Crippen LogP contribution in [0.2, 0.25) is 0 Å². The van der Waals surface area contributed by atoms with Gasteiger partial charge >= 0.3 is 5.97 Å². The average Bonchev–Trinajstić information content (AvgIpc) is 3.55. The molecule has 2 heterocycles. The van der Waals surface area contributed by atoms with Gasteiger partial charge in [0.25, 0.3) is 0 Å². The van der Waals surface area contributed by atoms with Gasteiger partial charge in [-0.25, -0.2) is 14.1 Å². The quantitative estimate of drug-likeness (QED) is 0.483. The van der Waals surface area contributed by atoms with E-state index in [1.807, 2.05) is 24.3 Å². The van der Waals surface area contributed by atoms with Crippen molar-refractivity contribution in [2.75, 3.05) is 14.2 Å². The van der Waals surface area contributed by atoms with Crippen LogP contribution < -0.4 is 9.47 Å². The van der Waals surface area contributed by atoms with Crippen LogP contribution >= 0.6 is 0 Å². The summed E-state index contributed by atoms with van der Waals surface area (Å²) in [4.78, 5) is 15.3. The molecule has 0 bridgehead atoms. The van der Waals surface area contributed by atoms with Crippen LogP contribution in [-0.2, 0) is 22.6 Å². The van der Waals surface area contributed by atoms with Crippen LogP contribution in [0.4, 0.5) is 4.39 Å². The Kier molecular flexibility index (Phi) is 6.16. The Morgan fingerprint density at radius 3 is 2.81 bits per heavy atom. The lowest BCUT2D eigenvalue weighted by Crippen LogP contribution is -2.07. The number of aryl methyl sites for hydroxylation is 1. The van der Waals surface area contributed by atoms with Crippen LogP contribution in [0.15, 0.2) is 42.7 Å². The van der Waals surface area contributed by atoms with Gasteiger partial charge < -0.3 is 14.2 Å². The molecule has 1 aliphatic rings. The summed E-state index contributed by atoms with van der Waals surface area (Å²) in [5, 5.41) is 4.43. The van der Waals surface area contributed by atoms with Crippen LogP contribution in [0.3, 0.4) is 0 Å². The fraction of sp³-hybridized carbons (Fsp3) is 0.348. The van der Waals surface area contributed by atoms with Crippen molar-refractivity contribution in [3.8, 4) is 17.3 Å². The summed E-state index contributed by atoms with van der Waals surface area (Å²) < 4.78 is 31.9. The van der Waals surface area contributed by atoms with E-state index in [9.17, 15) is 9.18 Å². The molecule has 7 nitrogen and oxygen atoms in total. The zero-order valence-electron chi connectivity index (χ0n) is 17.5. The second-order valence-corrected chi connectivity index (χ2v) is 7.43. The summed E-state index contributed by atoms with van der Waals surface area (Å²) in [6, 6.07) is 9.17. The maximum atomic E-state index is 14.5. The van der Waals surface area contributed by atoms with Crippen LogP contribution in [0.5, 0.6) is 11.6 Å². The molecule has 3 aromatic rings. The highest BCUT2D eigenvalue weighted by atomic mass is 19.1. The topological polar surface area (TPSA) is 75.5 Å². The lowest BCUT2D eigenvalue weighted by molar-refractivity contribution is -0.140. The Hall–Kier alpha value is -3.42. The van der Waals surface area contributed by atoms with E-state index in [2.05, 4.69) is 10.1 Å². The molecule has 0 radical (unpaired) electrons. The van der Waals surface area contributed by atoms with Crippen molar-refractivity contribution in [3.05, 3.63) is 65.4 Å². The maximum absolute atomic E-state index is 14.5. The number of benzene rings is 1. The van der Waals surface area contributed by atoms with Crippen LogP contribution in [0.25, 0.3) is 5.69 Å². The van der Waals surface area contributed by atoms with E-state index in [-0.39, 0.29) is 5.97 Å². The van der Waals surface area contributed by atoms with Crippen LogP contribution in [0, 0.1) is 5.82 Å². The summed E-state index contributed by atoms with van der Waals surface area (Å²) in [5.74, 6) is 0.652. The molecule has 31 heavy (non-hydrogen) atoms. The van der Waals surface area contributed by atoms with E-state index in [0.717, 1.165) is 35.9 Å². The molecule has 2 aromatic heterocycles. The minimum Gasteiger partial charge on any atom is -0.489 e. The number of carbonyl (C=O) groups is 1. The van der Waals surface area contributed by atoms with E-state index >= 15 is 0 Å². The van der Waals surface area contributed by atoms with Gasteiger partial charge in [0.15, 0.2) is 5.82 Å². The first-order chi connectivity index (χ1) is 15.1. The molecule has 1 aliphatic carbocycles. The fourth-order valence-electron chi connectivity index (χ4n) is 3.47. The average molecular weight is 425 g/mol. The Labute approximate surface area is 179 Å². The van der Waals surface area contributed by atoms with Crippen molar-refractivity contribution >= 4 is 5.97 Å². The smallest absolute Gasteiger partial charge is 0.305 e. The number of rotatable bonds is 9. The summed E-state index contributed by atoms with van der Waals surface area (Å²) in [6.07, 6.45) is 5.83. The third-order valence-corrected chi connectivity index (χ3v) is 5.24. The number of pyridine rings is 1. The molecule has 0 saturated heterocycles. The number of hydrogen-bond acceptors (Lipinski definition) is 6. The largest absolute Gasteiger partial charge is 0.489 e. The second-order valence-electron chi connectivity index (χ2n) is 7.43. The fourth-order valence-corrected chi connectivity index (χ4v) is 3.47. The normalized spacial score (nSPS) is 13.1. The van der Waals surface area contributed by atoms with E-state index in [4.69, 9.17) is 14.2 Å². The van der Waals surface area contributed by atoms with Gasteiger partial charge in [0.05, 0.1) is 32.3 Å². The molecule has 1 fully saturated rings. The molecular weight excluding hydrogens is 401 g/mol. The highest BCUT2D eigenvalue weighted by molar-refractivity contribution is 5.69. The number of hydrogen-bond donors (Lipinski definition) is 0. The number of halogens is 1. The maximum Gasteiger partial charge on any atom is 0.305 e. The first-order valence-electron chi connectivity index (χ1n) is 10.1. The molecule has 1 aromatic carbocycles. The summed E-state index contributed by atoms with van der Waals surface area (Å²) in [6.45, 7) is 0.316. The number of carbonyl (C=O) groups excluding carboxylic acids is 1. The van der Waals surface area contributed by atoms with Gasteiger partial charge in [-0.05, 0) is 37.0 Å². The monoisotopic (exact) mass is 425 g/mol. The van der Waals surface area contributed by atoms with Crippen molar-refractivity contribution in [2.45, 2.75) is 38.2 Å². The Morgan fingerprint density at radius 2 is 2.06 bits per heavy atom. The summed E-state index contributed by atoms with van der Waals surface area (Å²) in [7, 11) is 2.88. The Morgan fingerprint density at radius 1 is 1.23 bits per heavy atom. The lowest BCUT2D eigenvalue weighted by Gasteiger charge is -2.12. The molecule has 8 heteroatoms.